The van der Waals surface area contributed by atoms with E-state index in [4.69, 9.17) is 11.5 Å². The first-order valence-corrected chi connectivity index (χ1v) is 4.51. The predicted octanol–water partition coefficient (Wildman–Crippen LogP) is 1.10. The molecule has 0 bridgehead atoms. The van der Waals surface area contributed by atoms with Gasteiger partial charge in [0.25, 0.3) is 0 Å². The molecule has 1 fully saturated rings. The first kappa shape index (κ1) is 9.01. The lowest BCUT2D eigenvalue weighted by Gasteiger charge is -2.38. The van der Waals surface area contributed by atoms with Crippen LogP contribution in [0.15, 0.2) is 0 Å². The van der Waals surface area contributed by atoms with Crippen LogP contribution in [0.5, 0.6) is 0 Å². The molecule has 0 aromatic heterocycles. The molecule has 0 saturated heterocycles. The second-order valence-electron chi connectivity index (χ2n) is 4.57. The molecule has 1 saturated carbocycles. The van der Waals surface area contributed by atoms with Crippen LogP contribution in [0, 0.1) is 11.3 Å². The van der Waals surface area contributed by atoms with Crippen LogP contribution < -0.4 is 11.5 Å². The minimum Gasteiger partial charge on any atom is -0.330 e. The van der Waals surface area contributed by atoms with Crippen LogP contribution in [0.4, 0.5) is 0 Å². The third kappa shape index (κ3) is 2.17. The number of nitrogens with two attached hydrogens (primary N) is 2. The lowest BCUT2D eigenvalue weighted by Crippen LogP contribution is -2.42. The minimum atomic E-state index is 0.355. The van der Waals surface area contributed by atoms with Crippen molar-refractivity contribution in [2.24, 2.45) is 22.8 Å². The second-order valence-corrected chi connectivity index (χ2v) is 4.57. The van der Waals surface area contributed by atoms with Crippen molar-refractivity contribution >= 4 is 0 Å². The van der Waals surface area contributed by atoms with Gasteiger partial charge in [-0.05, 0) is 37.1 Å². The molecule has 66 valence electrons. The summed E-state index contributed by atoms with van der Waals surface area (Å²) < 4.78 is 0. The van der Waals surface area contributed by atoms with Gasteiger partial charge in [0.1, 0.15) is 0 Å². The monoisotopic (exact) mass is 156 g/mol. The standard InChI is InChI=1S/C9H20N2/c1-9(2)4-3-8(11)7(5-9)6-10/h7-8H,3-6,10-11H2,1-2H3. The molecule has 2 heteroatoms. The molecular formula is C9H20N2. The lowest BCUT2D eigenvalue weighted by atomic mass is 9.70. The molecule has 2 atom stereocenters. The SMILES string of the molecule is CC1(C)CCC(N)C(CN)C1. The third-order valence-corrected chi connectivity index (χ3v) is 2.88. The van der Waals surface area contributed by atoms with Gasteiger partial charge >= 0.3 is 0 Å². The van der Waals surface area contributed by atoms with Crippen molar-refractivity contribution in [3.63, 3.8) is 0 Å². The van der Waals surface area contributed by atoms with Gasteiger partial charge < -0.3 is 11.5 Å². The average molecular weight is 156 g/mol. The lowest BCUT2D eigenvalue weighted by molar-refractivity contribution is 0.162. The Kier molecular flexibility index (Phi) is 2.55. The molecule has 0 aromatic carbocycles. The largest absolute Gasteiger partial charge is 0.330 e. The summed E-state index contributed by atoms with van der Waals surface area (Å²) in [6.07, 6.45) is 3.60. The van der Waals surface area contributed by atoms with E-state index in [1.54, 1.807) is 0 Å². The molecule has 0 spiro atoms. The summed E-state index contributed by atoms with van der Waals surface area (Å²) >= 11 is 0. The van der Waals surface area contributed by atoms with Crippen molar-refractivity contribution < 1.29 is 0 Å². The summed E-state index contributed by atoms with van der Waals surface area (Å²) in [6.45, 7) is 5.37. The fourth-order valence-electron chi connectivity index (χ4n) is 2.01. The van der Waals surface area contributed by atoms with E-state index in [9.17, 15) is 0 Å². The second kappa shape index (κ2) is 3.11. The summed E-state index contributed by atoms with van der Waals surface area (Å²) in [4.78, 5) is 0. The Morgan fingerprint density at radius 2 is 2.09 bits per heavy atom. The van der Waals surface area contributed by atoms with Crippen molar-refractivity contribution in [2.75, 3.05) is 6.54 Å². The maximum Gasteiger partial charge on any atom is 0.00796 e. The van der Waals surface area contributed by atoms with Gasteiger partial charge in [0.2, 0.25) is 0 Å². The Labute approximate surface area is 69.3 Å². The average Bonchev–Trinajstić information content (AvgIpc) is 1.94. The van der Waals surface area contributed by atoms with Crippen LogP contribution in [-0.2, 0) is 0 Å². The van der Waals surface area contributed by atoms with E-state index in [0.717, 1.165) is 13.0 Å². The molecule has 0 heterocycles. The highest BCUT2D eigenvalue weighted by Gasteiger charge is 2.31. The van der Waals surface area contributed by atoms with Crippen molar-refractivity contribution in [1.82, 2.24) is 0 Å². The van der Waals surface area contributed by atoms with E-state index >= 15 is 0 Å². The molecule has 4 N–H and O–H groups in total. The van der Waals surface area contributed by atoms with Gasteiger partial charge in [-0.3, -0.25) is 0 Å². The highest BCUT2D eigenvalue weighted by Crippen LogP contribution is 2.37. The van der Waals surface area contributed by atoms with Gasteiger partial charge in [0.05, 0.1) is 0 Å². The molecule has 0 aliphatic heterocycles. The van der Waals surface area contributed by atoms with E-state index in [1.165, 1.54) is 12.8 Å². The molecule has 1 aliphatic carbocycles. The predicted molar refractivity (Wildman–Crippen MR) is 48.2 cm³/mol. The highest BCUT2D eigenvalue weighted by molar-refractivity contribution is 4.87. The maximum atomic E-state index is 5.93. The summed E-state index contributed by atoms with van der Waals surface area (Å²) in [6, 6.07) is 0.355. The van der Waals surface area contributed by atoms with Crippen LogP contribution in [0.3, 0.4) is 0 Å². The highest BCUT2D eigenvalue weighted by atomic mass is 14.7. The van der Waals surface area contributed by atoms with Crippen molar-refractivity contribution in [1.29, 1.82) is 0 Å². The molecule has 1 aliphatic rings. The summed E-state index contributed by atoms with van der Waals surface area (Å²) in [7, 11) is 0. The van der Waals surface area contributed by atoms with Crippen molar-refractivity contribution in [3.8, 4) is 0 Å². The number of hydrogen-bond donors (Lipinski definition) is 2. The summed E-state index contributed by atoms with van der Waals surface area (Å²) in [5.74, 6) is 0.554. The zero-order valence-corrected chi connectivity index (χ0v) is 7.64. The zero-order valence-electron chi connectivity index (χ0n) is 7.64. The molecule has 1 rings (SSSR count). The van der Waals surface area contributed by atoms with Gasteiger partial charge in [0, 0.05) is 6.04 Å². The molecule has 2 nitrogen and oxygen atoms in total. The Morgan fingerprint density at radius 1 is 1.45 bits per heavy atom. The van der Waals surface area contributed by atoms with Gasteiger partial charge in [-0.1, -0.05) is 13.8 Å². The Bertz CT molecular complexity index is 132. The molecule has 11 heavy (non-hydrogen) atoms. The first-order valence-electron chi connectivity index (χ1n) is 4.51. The van der Waals surface area contributed by atoms with E-state index in [-0.39, 0.29) is 0 Å². The van der Waals surface area contributed by atoms with E-state index in [2.05, 4.69) is 13.8 Å². The van der Waals surface area contributed by atoms with E-state index in [0.29, 0.717) is 17.4 Å². The van der Waals surface area contributed by atoms with Gasteiger partial charge in [-0.25, -0.2) is 0 Å². The normalized spacial score (nSPS) is 37.1. The van der Waals surface area contributed by atoms with Crippen LogP contribution in [-0.4, -0.2) is 12.6 Å². The number of hydrogen-bond acceptors (Lipinski definition) is 2. The Balaban J connectivity index is 2.51. The van der Waals surface area contributed by atoms with Crippen LogP contribution in [0.25, 0.3) is 0 Å². The molecule has 0 amide bonds. The van der Waals surface area contributed by atoms with Crippen LogP contribution >= 0.6 is 0 Å². The fraction of sp³-hybridized carbons (Fsp3) is 1.00. The fourth-order valence-corrected chi connectivity index (χ4v) is 2.01. The third-order valence-electron chi connectivity index (χ3n) is 2.88. The molecule has 0 radical (unpaired) electrons. The zero-order chi connectivity index (χ0) is 8.48. The Hall–Kier alpha value is -0.0800. The van der Waals surface area contributed by atoms with Gasteiger partial charge in [-0.15, -0.1) is 0 Å². The number of rotatable bonds is 1. The van der Waals surface area contributed by atoms with E-state index in [1.807, 2.05) is 0 Å². The Morgan fingerprint density at radius 3 is 2.55 bits per heavy atom. The minimum absolute atomic E-state index is 0.355. The first-order chi connectivity index (χ1) is 5.05. The van der Waals surface area contributed by atoms with Crippen molar-refractivity contribution in [2.45, 2.75) is 39.2 Å². The summed E-state index contributed by atoms with van der Waals surface area (Å²) in [5.41, 5.74) is 12.0. The van der Waals surface area contributed by atoms with Gasteiger partial charge in [0.15, 0.2) is 0 Å². The topological polar surface area (TPSA) is 52.0 Å². The van der Waals surface area contributed by atoms with Crippen LogP contribution in [0.1, 0.15) is 33.1 Å². The maximum absolute atomic E-state index is 5.93. The van der Waals surface area contributed by atoms with Crippen molar-refractivity contribution in [3.05, 3.63) is 0 Å². The summed E-state index contributed by atoms with van der Waals surface area (Å²) in [5, 5.41) is 0. The smallest absolute Gasteiger partial charge is 0.00796 e. The van der Waals surface area contributed by atoms with Crippen LogP contribution in [0.2, 0.25) is 0 Å². The quantitative estimate of drug-likeness (QED) is 0.597. The van der Waals surface area contributed by atoms with E-state index < -0.39 is 0 Å². The molecule has 0 aromatic rings. The molecular weight excluding hydrogens is 136 g/mol. The van der Waals surface area contributed by atoms with Gasteiger partial charge in [-0.2, -0.15) is 0 Å². The molecule has 2 unspecified atom stereocenters.